The number of rotatable bonds is 9. The highest BCUT2D eigenvalue weighted by molar-refractivity contribution is 7.92. The van der Waals surface area contributed by atoms with E-state index in [0.717, 1.165) is 6.54 Å². The lowest BCUT2D eigenvalue weighted by Gasteiger charge is -2.14. The number of hydrogen-bond acceptors (Lipinski definition) is 5. The molecule has 0 aliphatic heterocycles. The summed E-state index contributed by atoms with van der Waals surface area (Å²) in [4.78, 5) is 12.2. The van der Waals surface area contributed by atoms with E-state index in [1.807, 2.05) is 13.8 Å². The van der Waals surface area contributed by atoms with Gasteiger partial charge in [0.05, 0.1) is 17.7 Å². The molecule has 0 bridgehead atoms. The largest absolute Gasteiger partial charge is 0.495 e. The Kier molecular flexibility index (Phi) is 7.20. The monoisotopic (exact) mass is 391 g/mol. The van der Waals surface area contributed by atoms with E-state index in [0.29, 0.717) is 23.5 Å². The molecule has 0 aliphatic carbocycles. The predicted molar refractivity (Wildman–Crippen MR) is 106 cm³/mol. The van der Waals surface area contributed by atoms with Crippen molar-refractivity contribution in [1.29, 1.82) is 0 Å². The van der Waals surface area contributed by atoms with Crippen LogP contribution in [-0.2, 0) is 10.0 Å². The summed E-state index contributed by atoms with van der Waals surface area (Å²) in [5.41, 5.74) is 0.745. The quantitative estimate of drug-likeness (QED) is 0.609. The molecule has 8 heteroatoms. The second-order valence-electron chi connectivity index (χ2n) is 6.00. The normalized spacial score (nSPS) is 12.3. The lowest BCUT2D eigenvalue weighted by atomic mass is 10.2. The first-order valence-corrected chi connectivity index (χ1v) is 10.1. The Labute approximate surface area is 160 Å². The van der Waals surface area contributed by atoms with Gasteiger partial charge in [0.1, 0.15) is 5.75 Å². The molecule has 146 valence electrons. The Morgan fingerprint density at radius 2 is 1.78 bits per heavy atom. The van der Waals surface area contributed by atoms with Gasteiger partial charge in [0, 0.05) is 18.2 Å². The van der Waals surface area contributed by atoms with Gasteiger partial charge >= 0.3 is 0 Å². The van der Waals surface area contributed by atoms with Gasteiger partial charge in [0.2, 0.25) is 0 Å². The van der Waals surface area contributed by atoms with Gasteiger partial charge in [-0.25, -0.2) is 8.42 Å². The molecule has 1 amide bonds. The molecule has 0 aromatic heterocycles. The molecule has 3 N–H and O–H groups in total. The highest BCUT2D eigenvalue weighted by Crippen LogP contribution is 2.26. The summed E-state index contributed by atoms with van der Waals surface area (Å²) in [5.74, 6) is 0.174. The number of anilines is 1. The van der Waals surface area contributed by atoms with Gasteiger partial charge in [-0.05, 0) is 49.9 Å². The lowest BCUT2D eigenvalue weighted by molar-refractivity contribution is 0.0950. The van der Waals surface area contributed by atoms with Crippen LogP contribution in [0.3, 0.4) is 0 Å². The smallest absolute Gasteiger partial charge is 0.262 e. The zero-order valence-corrected chi connectivity index (χ0v) is 16.5. The lowest BCUT2D eigenvalue weighted by Crippen LogP contribution is -2.38. The highest BCUT2D eigenvalue weighted by Gasteiger charge is 2.17. The van der Waals surface area contributed by atoms with E-state index < -0.39 is 10.0 Å². The van der Waals surface area contributed by atoms with Gasteiger partial charge < -0.3 is 15.4 Å². The Bertz CT molecular complexity index is 867. The van der Waals surface area contributed by atoms with Gasteiger partial charge in [0.15, 0.2) is 0 Å². The number of methoxy groups -OCH3 is 1. The molecule has 1 atom stereocenters. The number of nitrogens with one attached hydrogen (secondary N) is 3. The first-order chi connectivity index (χ1) is 12.9. The van der Waals surface area contributed by atoms with Crippen LogP contribution >= 0.6 is 0 Å². The third-order valence-electron chi connectivity index (χ3n) is 3.90. The summed E-state index contributed by atoms with van der Waals surface area (Å²) in [6.45, 7) is 5.28. The number of para-hydroxylation sites is 2. The van der Waals surface area contributed by atoms with Gasteiger partial charge in [-0.15, -0.1) is 0 Å². The molecular weight excluding hydrogens is 366 g/mol. The molecule has 2 aromatic carbocycles. The second kappa shape index (κ2) is 9.38. The van der Waals surface area contributed by atoms with Crippen molar-refractivity contribution in [3.63, 3.8) is 0 Å². The van der Waals surface area contributed by atoms with Crippen LogP contribution in [0.1, 0.15) is 24.2 Å². The van der Waals surface area contributed by atoms with Crippen molar-refractivity contribution in [2.24, 2.45) is 0 Å². The summed E-state index contributed by atoms with van der Waals surface area (Å²) in [7, 11) is -2.32. The van der Waals surface area contributed by atoms with Gasteiger partial charge in [-0.3, -0.25) is 9.52 Å². The number of ether oxygens (including phenoxy) is 1. The van der Waals surface area contributed by atoms with Crippen LogP contribution in [0.15, 0.2) is 53.4 Å². The van der Waals surface area contributed by atoms with Crippen molar-refractivity contribution in [2.45, 2.75) is 24.8 Å². The Balaban J connectivity index is 2.08. The average Bonchev–Trinajstić information content (AvgIpc) is 2.66. The number of carbonyl (C=O) groups is 1. The van der Waals surface area contributed by atoms with Crippen molar-refractivity contribution in [1.82, 2.24) is 10.6 Å². The van der Waals surface area contributed by atoms with Crippen molar-refractivity contribution in [3.05, 3.63) is 54.1 Å². The molecule has 0 radical (unpaired) electrons. The summed E-state index contributed by atoms with van der Waals surface area (Å²) in [6.07, 6.45) is 0. The van der Waals surface area contributed by atoms with Crippen molar-refractivity contribution in [2.75, 3.05) is 24.9 Å². The summed E-state index contributed by atoms with van der Waals surface area (Å²) >= 11 is 0. The van der Waals surface area contributed by atoms with Crippen molar-refractivity contribution < 1.29 is 17.9 Å². The van der Waals surface area contributed by atoms with E-state index in [2.05, 4.69) is 15.4 Å². The van der Waals surface area contributed by atoms with E-state index in [-0.39, 0.29) is 16.8 Å². The molecule has 0 aliphatic rings. The molecule has 0 saturated heterocycles. The minimum Gasteiger partial charge on any atom is -0.495 e. The zero-order chi connectivity index (χ0) is 19.9. The van der Waals surface area contributed by atoms with E-state index in [4.69, 9.17) is 4.74 Å². The number of hydrogen-bond donors (Lipinski definition) is 3. The SMILES string of the molecule is CCN[C@H](C)CNC(=O)c1ccc(S(=O)(=O)Nc2ccccc2OC)cc1. The molecule has 7 nitrogen and oxygen atoms in total. The summed E-state index contributed by atoms with van der Waals surface area (Å²) < 4.78 is 32.8. The van der Waals surface area contributed by atoms with E-state index in [1.165, 1.54) is 31.4 Å². The molecule has 0 unspecified atom stereocenters. The Morgan fingerprint density at radius 3 is 2.41 bits per heavy atom. The second-order valence-corrected chi connectivity index (χ2v) is 7.68. The Hall–Kier alpha value is -2.58. The molecular formula is C19H25N3O4S. The van der Waals surface area contributed by atoms with E-state index >= 15 is 0 Å². The summed E-state index contributed by atoms with van der Waals surface area (Å²) in [5, 5.41) is 6.01. The van der Waals surface area contributed by atoms with Crippen LogP contribution < -0.4 is 20.1 Å². The zero-order valence-electron chi connectivity index (χ0n) is 15.7. The van der Waals surface area contributed by atoms with Gasteiger partial charge in [-0.1, -0.05) is 19.1 Å². The van der Waals surface area contributed by atoms with Crippen LogP contribution in [-0.4, -0.2) is 40.6 Å². The molecule has 0 heterocycles. The fraction of sp³-hybridized carbons (Fsp3) is 0.316. The predicted octanol–water partition coefficient (Wildman–Crippen LogP) is 2.22. The van der Waals surface area contributed by atoms with Crippen molar-refractivity contribution in [3.8, 4) is 5.75 Å². The summed E-state index contributed by atoms with van der Waals surface area (Å²) in [6, 6.07) is 12.7. The van der Waals surface area contributed by atoms with Crippen LogP contribution in [0.4, 0.5) is 5.69 Å². The maximum absolute atomic E-state index is 12.6. The topological polar surface area (TPSA) is 96.5 Å². The van der Waals surface area contributed by atoms with Crippen LogP contribution in [0.25, 0.3) is 0 Å². The van der Waals surface area contributed by atoms with E-state index in [1.54, 1.807) is 24.3 Å². The van der Waals surface area contributed by atoms with Gasteiger partial charge in [-0.2, -0.15) is 0 Å². The van der Waals surface area contributed by atoms with Crippen molar-refractivity contribution >= 4 is 21.6 Å². The maximum atomic E-state index is 12.6. The Morgan fingerprint density at radius 1 is 1.11 bits per heavy atom. The first kappa shape index (κ1) is 20.7. The minimum absolute atomic E-state index is 0.0611. The number of sulfonamides is 1. The van der Waals surface area contributed by atoms with E-state index in [9.17, 15) is 13.2 Å². The maximum Gasteiger partial charge on any atom is 0.262 e. The van der Waals surface area contributed by atoms with Crippen LogP contribution in [0.2, 0.25) is 0 Å². The fourth-order valence-electron chi connectivity index (χ4n) is 2.49. The van der Waals surface area contributed by atoms with Crippen LogP contribution in [0.5, 0.6) is 5.75 Å². The number of benzene rings is 2. The highest BCUT2D eigenvalue weighted by atomic mass is 32.2. The molecule has 2 aromatic rings. The molecule has 2 rings (SSSR count). The standard InChI is InChI=1S/C19H25N3O4S/c1-4-20-14(2)13-21-19(23)15-9-11-16(12-10-15)27(24,25)22-17-7-5-6-8-18(17)26-3/h5-12,14,20,22H,4,13H2,1-3H3,(H,21,23)/t14-/m1/s1. The fourth-order valence-corrected chi connectivity index (χ4v) is 3.56. The first-order valence-electron chi connectivity index (χ1n) is 8.65. The average molecular weight is 391 g/mol. The number of likely N-dealkylation sites (N-methyl/N-ethyl adjacent to an activating group) is 1. The molecule has 0 saturated carbocycles. The third-order valence-corrected chi connectivity index (χ3v) is 5.28. The number of amides is 1. The minimum atomic E-state index is -3.79. The van der Waals surface area contributed by atoms with Crippen LogP contribution in [0, 0.1) is 0 Å². The third kappa shape index (κ3) is 5.70. The van der Waals surface area contributed by atoms with Gasteiger partial charge in [0.25, 0.3) is 15.9 Å². The molecule has 27 heavy (non-hydrogen) atoms. The number of carbonyl (C=O) groups excluding carboxylic acids is 1. The molecule has 0 fully saturated rings. The molecule has 0 spiro atoms.